The molecule has 0 saturated carbocycles. The number of nitrogens with two attached hydrogens (primary N) is 1. The molecule has 1 rings (SSSR count). The average Bonchev–Trinajstić information content (AvgIpc) is 2.08. The Bertz CT molecular complexity index is 284. The number of nitrogen functional groups attached to an aromatic ring is 1. The first-order chi connectivity index (χ1) is 6.15. The van der Waals surface area contributed by atoms with Gasteiger partial charge in [0, 0.05) is 17.8 Å². The first kappa shape index (κ1) is 9.86. The third-order valence-electron chi connectivity index (χ3n) is 1.86. The zero-order chi connectivity index (χ0) is 9.84. The molecule has 13 heavy (non-hydrogen) atoms. The molecule has 3 heteroatoms. The van der Waals surface area contributed by atoms with Crippen molar-refractivity contribution in [2.24, 2.45) is 0 Å². The van der Waals surface area contributed by atoms with Gasteiger partial charge in [-0.2, -0.15) is 0 Å². The van der Waals surface area contributed by atoms with Gasteiger partial charge >= 0.3 is 0 Å². The van der Waals surface area contributed by atoms with Gasteiger partial charge in [0.2, 0.25) is 0 Å². The van der Waals surface area contributed by atoms with Gasteiger partial charge in [0.1, 0.15) is 5.75 Å². The van der Waals surface area contributed by atoms with Gasteiger partial charge in [-0.15, -0.1) is 0 Å². The number of ether oxygens (including phenoxy) is 1. The SMILES string of the molecule is COc1cccc(N)c1CN(C)C. The Labute approximate surface area is 79.1 Å². The predicted octanol–water partition coefficient (Wildman–Crippen LogP) is 1.34. The average molecular weight is 180 g/mol. The highest BCUT2D eigenvalue weighted by Gasteiger charge is 2.06. The van der Waals surface area contributed by atoms with Crippen LogP contribution in [0.15, 0.2) is 18.2 Å². The Morgan fingerprint density at radius 2 is 2.08 bits per heavy atom. The molecule has 1 aromatic carbocycles. The summed E-state index contributed by atoms with van der Waals surface area (Å²) >= 11 is 0. The number of anilines is 1. The van der Waals surface area contributed by atoms with Crippen LogP contribution in [0.5, 0.6) is 5.75 Å². The highest BCUT2D eigenvalue weighted by molar-refractivity contribution is 5.54. The largest absolute Gasteiger partial charge is 0.496 e. The summed E-state index contributed by atoms with van der Waals surface area (Å²) in [5.74, 6) is 0.855. The summed E-state index contributed by atoms with van der Waals surface area (Å²) in [6, 6.07) is 5.71. The second-order valence-electron chi connectivity index (χ2n) is 3.27. The number of nitrogens with zero attached hydrogens (tertiary/aromatic N) is 1. The van der Waals surface area contributed by atoms with Gasteiger partial charge in [-0.3, -0.25) is 0 Å². The Balaban J connectivity index is 3.00. The molecule has 0 saturated heterocycles. The van der Waals surface area contributed by atoms with E-state index in [4.69, 9.17) is 10.5 Å². The van der Waals surface area contributed by atoms with Crippen LogP contribution < -0.4 is 10.5 Å². The molecular weight excluding hydrogens is 164 g/mol. The minimum absolute atomic E-state index is 0.785. The maximum absolute atomic E-state index is 5.84. The van der Waals surface area contributed by atoms with Crippen LogP contribution in [0, 0.1) is 0 Å². The maximum atomic E-state index is 5.84. The summed E-state index contributed by atoms with van der Waals surface area (Å²) < 4.78 is 5.22. The van der Waals surface area contributed by atoms with Crippen molar-refractivity contribution in [3.8, 4) is 5.75 Å². The lowest BCUT2D eigenvalue weighted by Crippen LogP contribution is -2.13. The standard InChI is InChI=1S/C10H16N2O/c1-12(2)7-8-9(11)5-4-6-10(8)13-3/h4-6H,7,11H2,1-3H3. The van der Waals surface area contributed by atoms with E-state index in [1.54, 1.807) is 7.11 Å². The number of hydrogen-bond acceptors (Lipinski definition) is 3. The van der Waals surface area contributed by atoms with E-state index in [-0.39, 0.29) is 0 Å². The number of benzene rings is 1. The monoisotopic (exact) mass is 180 g/mol. The quantitative estimate of drug-likeness (QED) is 0.713. The molecule has 0 spiro atoms. The maximum Gasteiger partial charge on any atom is 0.125 e. The van der Waals surface area contributed by atoms with Crippen molar-refractivity contribution in [3.63, 3.8) is 0 Å². The van der Waals surface area contributed by atoms with Crippen LogP contribution in [-0.2, 0) is 6.54 Å². The first-order valence-corrected chi connectivity index (χ1v) is 4.21. The van der Waals surface area contributed by atoms with Crippen LogP contribution in [0.4, 0.5) is 5.69 Å². The lowest BCUT2D eigenvalue weighted by molar-refractivity contribution is 0.373. The zero-order valence-electron chi connectivity index (χ0n) is 8.37. The van der Waals surface area contributed by atoms with E-state index in [0.717, 1.165) is 23.5 Å². The van der Waals surface area contributed by atoms with Crippen LogP contribution >= 0.6 is 0 Å². The Morgan fingerprint density at radius 1 is 1.38 bits per heavy atom. The first-order valence-electron chi connectivity index (χ1n) is 4.21. The summed E-state index contributed by atoms with van der Waals surface area (Å²) in [5, 5.41) is 0. The van der Waals surface area contributed by atoms with Crippen molar-refractivity contribution in [2.45, 2.75) is 6.54 Å². The van der Waals surface area contributed by atoms with E-state index in [1.165, 1.54) is 0 Å². The second kappa shape index (κ2) is 4.14. The lowest BCUT2D eigenvalue weighted by Gasteiger charge is -2.15. The molecule has 0 fully saturated rings. The summed E-state index contributed by atoms with van der Waals surface area (Å²) in [4.78, 5) is 2.06. The molecule has 0 heterocycles. The van der Waals surface area contributed by atoms with Crippen molar-refractivity contribution in [2.75, 3.05) is 26.9 Å². The van der Waals surface area contributed by atoms with E-state index in [0.29, 0.717) is 0 Å². The number of hydrogen-bond donors (Lipinski definition) is 1. The van der Waals surface area contributed by atoms with Crippen molar-refractivity contribution < 1.29 is 4.74 Å². The van der Waals surface area contributed by atoms with Crippen molar-refractivity contribution >= 4 is 5.69 Å². The van der Waals surface area contributed by atoms with Crippen molar-refractivity contribution in [1.82, 2.24) is 4.90 Å². The van der Waals surface area contributed by atoms with Crippen LogP contribution in [0.3, 0.4) is 0 Å². The topological polar surface area (TPSA) is 38.5 Å². The van der Waals surface area contributed by atoms with Crippen LogP contribution in [0.1, 0.15) is 5.56 Å². The molecule has 0 amide bonds. The van der Waals surface area contributed by atoms with Gasteiger partial charge < -0.3 is 15.4 Å². The fourth-order valence-electron chi connectivity index (χ4n) is 1.26. The molecule has 0 atom stereocenters. The molecule has 2 N–H and O–H groups in total. The molecule has 3 nitrogen and oxygen atoms in total. The summed E-state index contributed by atoms with van der Waals surface area (Å²) in [6.45, 7) is 0.801. The van der Waals surface area contributed by atoms with E-state index in [1.807, 2.05) is 32.3 Å². The molecule has 0 unspecified atom stereocenters. The highest BCUT2D eigenvalue weighted by Crippen LogP contribution is 2.24. The third-order valence-corrected chi connectivity index (χ3v) is 1.86. The summed E-state index contributed by atoms with van der Waals surface area (Å²) in [5.41, 5.74) is 7.67. The fourth-order valence-corrected chi connectivity index (χ4v) is 1.26. The molecule has 0 bridgehead atoms. The van der Waals surface area contributed by atoms with Crippen LogP contribution in [0.2, 0.25) is 0 Å². The van der Waals surface area contributed by atoms with Gasteiger partial charge in [-0.25, -0.2) is 0 Å². The van der Waals surface area contributed by atoms with Gasteiger partial charge in [0.25, 0.3) is 0 Å². The molecule has 0 aliphatic carbocycles. The molecule has 0 aromatic heterocycles. The Kier molecular flexibility index (Phi) is 3.14. The molecule has 72 valence electrons. The lowest BCUT2D eigenvalue weighted by atomic mass is 10.1. The summed E-state index contributed by atoms with van der Waals surface area (Å²) in [6.07, 6.45) is 0. The Hall–Kier alpha value is -1.22. The third kappa shape index (κ3) is 2.36. The fraction of sp³-hybridized carbons (Fsp3) is 0.400. The minimum atomic E-state index is 0.785. The van der Waals surface area contributed by atoms with Gasteiger partial charge in [-0.05, 0) is 26.2 Å². The van der Waals surface area contributed by atoms with E-state index in [9.17, 15) is 0 Å². The summed E-state index contributed by atoms with van der Waals surface area (Å²) in [7, 11) is 5.67. The zero-order valence-corrected chi connectivity index (χ0v) is 8.37. The van der Waals surface area contributed by atoms with Crippen molar-refractivity contribution in [1.29, 1.82) is 0 Å². The molecular formula is C10H16N2O. The molecule has 0 aliphatic rings. The van der Waals surface area contributed by atoms with E-state index < -0.39 is 0 Å². The number of methoxy groups -OCH3 is 1. The van der Waals surface area contributed by atoms with Crippen LogP contribution in [-0.4, -0.2) is 26.1 Å². The smallest absolute Gasteiger partial charge is 0.125 e. The minimum Gasteiger partial charge on any atom is -0.496 e. The van der Waals surface area contributed by atoms with Crippen molar-refractivity contribution in [3.05, 3.63) is 23.8 Å². The van der Waals surface area contributed by atoms with Crippen LogP contribution in [0.25, 0.3) is 0 Å². The predicted molar refractivity (Wildman–Crippen MR) is 54.8 cm³/mol. The molecule has 1 aromatic rings. The molecule has 0 aliphatic heterocycles. The highest BCUT2D eigenvalue weighted by atomic mass is 16.5. The van der Waals surface area contributed by atoms with Gasteiger partial charge in [-0.1, -0.05) is 6.07 Å². The van der Waals surface area contributed by atoms with Gasteiger partial charge in [0.05, 0.1) is 7.11 Å². The number of rotatable bonds is 3. The van der Waals surface area contributed by atoms with E-state index in [2.05, 4.69) is 4.90 Å². The van der Waals surface area contributed by atoms with E-state index >= 15 is 0 Å². The Morgan fingerprint density at radius 3 is 2.62 bits per heavy atom. The second-order valence-corrected chi connectivity index (χ2v) is 3.27. The van der Waals surface area contributed by atoms with Gasteiger partial charge in [0.15, 0.2) is 0 Å². The normalized spacial score (nSPS) is 10.5. The molecule has 0 radical (unpaired) electrons.